The van der Waals surface area contributed by atoms with E-state index < -0.39 is 0 Å². The average molecular weight is 456 g/mol. The molecular formula is C26H21N3O3S. The second kappa shape index (κ2) is 8.80. The molecule has 5 rings (SSSR count). The first kappa shape index (κ1) is 20.8. The van der Waals surface area contributed by atoms with E-state index in [4.69, 9.17) is 14.5 Å². The standard InChI is InChI=1S/C26H21N3O3S/c1-31-18-10-8-17(9-11-18)27-26-29-25(30)23(33-26)15-21-20-14-19(32-2)12-13-22(20)28-24(21)16-6-4-3-5-7-16/h3-15,30H,1-2H3,(H,27,29). The minimum absolute atomic E-state index is 0.0349. The van der Waals surface area contributed by atoms with Crippen molar-refractivity contribution < 1.29 is 14.6 Å². The molecule has 1 aromatic heterocycles. The van der Waals surface area contributed by atoms with E-state index in [9.17, 15) is 5.11 Å². The number of hydrogen-bond acceptors (Lipinski definition) is 7. The molecule has 0 fully saturated rings. The van der Waals surface area contributed by atoms with Gasteiger partial charge in [0.1, 0.15) is 11.5 Å². The molecule has 1 aliphatic rings. The van der Waals surface area contributed by atoms with E-state index in [2.05, 4.69) is 10.3 Å². The van der Waals surface area contributed by atoms with Gasteiger partial charge in [0.25, 0.3) is 0 Å². The number of thiazole rings is 1. The fourth-order valence-electron chi connectivity index (χ4n) is 3.63. The lowest BCUT2D eigenvalue weighted by molar-refractivity contribution is 0.414. The lowest BCUT2D eigenvalue weighted by Gasteiger charge is -2.07. The first-order chi connectivity index (χ1) is 16.1. The molecule has 33 heavy (non-hydrogen) atoms. The van der Waals surface area contributed by atoms with Crippen LogP contribution in [0, 0.1) is 0 Å². The van der Waals surface area contributed by atoms with Gasteiger partial charge in [0.15, 0.2) is 5.13 Å². The average Bonchev–Trinajstić information content (AvgIpc) is 3.39. The van der Waals surface area contributed by atoms with Crippen LogP contribution in [-0.2, 0) is 0 Å². The van der Waals surface area contributed by atoms with Crippen molar-refractivity contribution in [3.05, 3.63) is 88.8 Å². The lowest BCUT2D eigenvalue weighted by Crippen LogP contribution is -1.99. The molecule has 0 amide bonds. The number of aromatic hydroxyl groups is 1. The smallest absolute Gasteiger partial charge is 0.231 e. The largest absolute Gasteiger partial charge is 0.497 e. The zero-order valence-corrected chi connectivity index (χ0v) is 18.9. The van der Waals surface area contributed by atoms with E-state index >= 15 is 0 Å². The van der Waals surface area contributed by atoms with Crippen molar-refractivity contribution >= 4 is 45.2 Å². The van der Waals surface area contributed by atoms with Crippen LogP contribution in [0.1, 0.15) is 16.0 Å². The highest BCUT2D eigenvalue weighted by Crippen LogP contribution is 2.42. The van der Waals surface area contributed by atoms with Gasteiger partial charge in [0, 0.05) is 22.4 Å². The molecule has 2 heterocycles. The molecule has 0 atom stereocenters. The van der Waals surface area contributed by atoms with Gasteiger partial charge in [-0.05, 0) is 48.5 Å². The van der Waals surface area contributed by atoms with Gasteiger partial charge in [-0.15, -0.1) is 0 Å². The number of aromatic nitrogens is 1. The van der Waals surface area contributed by atoms with Crippen molar-refractivity contribution in [3.8, 4) is 17.4 Å². The number of fused-ring (bicyclic) bond motifs is 1. The number of allylic oxidation sites excluding steroid dienone is 1. The van der Waals surface area contributed by atoms with E-state index in [0.717, 1.165) is 45.3 Å². The number of ether oxygens (including phenoxy) is 2. The predicted molar refractivity (Wildman–Crippen MR) is 134 cm³/mol. The van der Waals surface area contributed by atoms with Crippen LogP contribution in [0.15, 0.2) is 77.8 Å². The fourth-order valence-corrected chi connectivity index (χ4v) is 4.45. The highest BCUT2D eigenvalue weighted by molar-refractivity contribution is 7.16. The summed E-state index contributed by atoms with van der Waals surface area (Å²) >= 11 is 1.37. The highest BCUT2D eigenvalue weighted by atomic mass is 32.1. The minimum atomic E-state index is -0.0349. The monoisotopic (exact) mass is 455 g/mol. The van der Waals surface area contributed by atoms with Crippen LogP contribution >= 0.6 is 11.3 Å². The van der Waals surface area contributed by atoms with E-state index in [0.29, 0.717) is 10.0 Å². The molecule has 7 heteroatoms. The molecule has 4 aromatic rings. The summed E-state index contributed by atoms with van der Waals surface area (Å²) < 4.78 is 10.6. The third-order valence-electron chi connectivity index (χ3n) is 5.28. The normalized spacial score (nSPS) is 13.5. The van der Waals surface area contributed by atoms with Crippen molar-refractivity contribution in [3.63, 3.8) is 0 Å². The zero-order chi connectivity index (χ0) is 22.8. The van der Waals surface area contributed by atoms with Crippen molar-refractivity contribution in [1.82, 2.24) is 4.98 Å². The van der Waals surface area contributed by atoms with Crippen LogP contribution in [0.5, 0.6) is 17.4 Å². The second-order valence-electron chi connectivity index (χ2n) is 7.33. The molecule has 164 valence electrons. The molecule has 2 N–H and O–H groups in total. The molecule has 0 spiro atoms. The molecule has 0 bridgehead atoms. The summed E-state index contributed by atoms with van der Waals surface area (Å²) in [7, 11) is 3.27. The van der Waals surface area contributed by atoms with Crippen LogP contribution in [-0.4, -0.2) is 30.0 Å². The number of rotatable bonds is 6. The number of methoxy groups -OCH3 is 2. The zero-order valence-electron chi connectivity index (χ0n) is 18.1. The molecule has 0 unspecified atom stereocenters. The highest BCUT2D eigenvalue weighted by Gasteiger charge is 2.24. The van der Waals surface area contributed by atoms with Crippen LogP contribution in [0.3, 0.4) is 0 Å². The van der Waals surface area contributed by atoms with Crippen LogP contribution in [0.4, 0.5) is 16.5 Å². The topological polar surface area (TPSA) is 76.0 Å². The Morgan fingerprint density at radius 2 is 1.64 bits per heavy atom. The van der Waals surface area contributed by atoms with Gasteiger partial charge >= 0.3 is 0 Å². The molecule has 6 nitrogen and oxygen atoms in total. The summed E-state index contributed by atoms with van der Waals surface area (Å²) in [6.45, 7) is 0. The predicted octanol–water partition coefficient (Wildman–Crippen LogP) is 6.28. The maximum Gasteiger partial charge on any atom is 0.231 e. The van der Waals surface area contributed by atoms with Gasteiger partial charge in [-0.25, -0.2) is 4.99 Å². The lowest BCUT2D eigenvalue weighted by atomic mass is 9.97. The van der Waals surface area contributed by atoms with Crippen LogP contribution < -0.4 is 14.8 Å². The van der Waals surface area contributed by atoms with Gasteiger partial charge in [0.05, 0.1) is 30.5 Å². The number of aliphatic imine (C=N–C) groups is 1. The van der Waals surface area contributed by atoms with Crippen LogP contribution in [0.25, 0.3) is 11.6 Å². The third-order valence-corrected chi connectivity index (χ3v) is 6.19. The summed E-state index contributed by atoms with van der Waals surface area (Å²) in [5.41, 5.74) is 5.42. The summed E-state index contributed by atoms with van der Waals surface area (Å²) in [5, 5.41) is 14.4. The Morgan fingerprint density at radius 1 is 0.909 bits per heavy atom. The van der Waals surface area contributed by atoms with Gasteiger partial charge < -0.3 is 19.9 Å². The number of hydrogen-bond donors (Lipinski definition) is 2. The number of anilines is 2. The van der Waals surface area contributed by atoms with Crippen molar-refractivity contribution in [1.29, 1.82) is 0 Å². The minimum Gasteiger partial charge on any atom is -0.497 e. The first-order valence-electron chi connectivity index (χ1n) is 10.3. The molecule has 0 aliphatic carbocycles. The SMILES string of the molecule is COc1ccc(Nc2nc(O)c(C=C3C(c4ccccc4)=Nc4ccc(OC)cc43)s2)cc1. The quantitative estimate of drug-likeness (QED) is 0.358. The second-order valence-corrected chi connectivity index (χ2v) is 8.36. The van der Waals surface area contributed by atoms with Crippen LogP contribution in [0.2, 0.25) is 0 Å². The van der Waals surface area contributed by atoms with Gasteiger partial charge in [-0.1, -0.05) is 41.7 Å². The molecule has 0 saturated heterocycles. The number of nitrogens with zero attached hydrogens (tertiary/aromatic N) is 2. The van der Waals surface area contributed by atoms with E-state index in [1.54, 1.807) is 14.2 Å². The van der Waals surface area contributed by atoms with Crippen molar-refractivity contribution in [2.75, 3.05) is 19.5 Å². The Labute approximate surface area is 195 Å². The van der Waals surface area contributed by atoms with E-state index in [-0.39, 0.29) is 5.88 Å². The summed E-state index contributed by atoms with van der Waals surface area (Å²) in [5.74, 6) is 1.49. The van der Waals surface area contributed by atoms with Gasteiger partial charge in [-0.3, -0.25) is 0 Å². The number of nitrogens with one attached hydrogen (secondary N) is 1. The van der Waals surface area contributed by atoms with Gasteiger partial charge in [-0.2, -0.15) is 4.98 Å². The molecular weight excluding hydrogens is 434 g/mol. The van der Waals surface area contributed by atoms with E-state index in [1.165, 1.54) is 11.3 Å². The first-order valence-corrected chi connectivity index (χ1v) is 11.1. The molecule has 0 radical (unpaired) electrons. The summed E-state index contributed by atoms with van der Waals surface area (Å²) in [6.07, 6.45) is 1.93. The van der Waals surface area contributed by atoms with Crippen molar-refractivity contribution in [2.24, 2.45) is 4.99 Å². The van der Waals surface area contributed by atoms with E-state index in [1.807, 2.05) is 78.9 Å². The third kappa shape index (κ3) is 4.18. The summed E-state index contributed by atoms with van der Waals surface area (Å²) in [6, 6.07) is 23.3. The maximum atomic E-state index is 10.6. The van der Waals surface area contributed by atoms with Gasteiger partial charge in [0.2, 0.25) is 5.88 Å². The summed E-state index contributed by atoms with van der Waals surface area (Å²) in [4.78, 5) is 9.80. The Bertz CT molecular complexity index is 1360. The number of benzene rings is 3. The fraction of sp³-hybridized carbons (Fsp3) is 0.0769. The molecule has 1 aliphatic heterocycles. The Morgan fingerprint density at radius 3 is 2.36 bits per heavy atom. The van der Waals surface area contributed by atoms with Crippen molar-refractivity contribution in [2.45, 2.75) is 0 Å². The Balaban J connectivity index is 1.53. The Hall–Kier alpha value is -4.10. The molecule has 0 saturated carbocycles. The maximum absolute atomic E-state index is 10.6. The molecule has 3 aromatic carbocycles. The Kier molecular flexibility index (Phi) is 5.54.